The normalized spacial score (nSPS) is 15.1. The van der Waals surface area contributed by atoms with E-state index in [1.54, 1.807) is 14.0 Å². The SMILES string of the molecule is COc1ccccc1-c1ccc(N2CCN(S(=O)(=O)c3ccc(F)c(C)c3)CC2)nn1. The van der Waals surface area contributed by atoms with Crippen LogP contribution in [0.2, 0.25) is 0 Å². The van der Waals surface area contributed by atoms with Crippen molar-refractivity contribution < 1.29 is 17.5 Å². The number of ether oxygens (including phenoxy) is 1. The Morgan fingerprint density at radius 2 is 1.71 bits per heavy atom. The number of benzene rings is 2. The van der Waals surface area contributed by atoms with Gasteiger partial charge in [-0.15, -0.1) is 10.2 Å². The van der Waals surface area contributed by atoms with Crippen molar-refractivity contribution in [2.75, 3.05) is 38.2 Å². The number of nitrogens with zero attached hydrogens (tertiary/aromatic N) is 4. The van der Waals surface area contributed by atoms with Crippen LogP contribution < -0.4 is 9.64 Å². The molecule has 1 fully saturated rings. The average molecular weight is 443 g/mol. The molecule has 0 radical (unpaired) electrons. The molecule has 31 heavy (non-hydrogen) atoms. The summed E-state index contributed by atoms with van der Waals surface area (Å²) in [6, 6.07) is 15.2. The number of rotatable bonds is 5. The number of anilines is 1. The Kier molecular flexibility index (Phi) is 5.88. The van der Waals surface area contributed by atoms with E-state index in [0.717, 1.165) is 11.3 Å². The van der Waals surface area contributed by atoms with Crippen LogP contribution in [-0.4, -0.2) is 56.2 Å². The second-order valence-electron chi connectivity index (χ2n) is 7.28. The van der Waals surface area contributed by atoms with Gasteiger partial charge in [0.2, 0.25) is 10.0 Å². The van der Waals surface area contributed by atoms with Crippen molar-refractivity contribution >= 4 is 15.8 Å². The number of aromatic nitrogens is 2. The van der Waals surface area contributed by atoms with E-state index in [1.165, 1.54) is 22.5 Å². The summed E-state index contributed by atoms with van der Waals surface area (Å²) < 4.78 is 46.1. The van der Waals surface area contributed by atoms with Crippen LogP contribution in [0.3, 0.4) is 0 Å². The molecule has 7 nitrogen and oxygen atoms in total. The van der Waals surface area contributed by atoms with E-state index < -0.39 is 15.8 Å². The molecule has 0 atom stereocenters. The maximum atomic E-state index is 13.5. The van der Waals surface area contributed by atoms with Crippen LogP contribution in [-0.2, 0) is 10.0 Å². The minimum absolute atomic E-state index is 0.112. The second kappa shape index (κ2) is 8.60. The summed E-state index contributed by atoms with van der Waals surface area (Å²) in [4.78, 5) is 2.11. The first-order chi connectivity index (χ1) is 14.9. The summed E-state index contributed by atoms with van der Waals surface area (Å²) in [6.45, 7) is 3.16. The molecule has 4 rings (SSSR count). The number of hydrogen-bond donors (Lipinski definition) is 0. The standard InChI is InChI=1S/C22H23FN4O3S/c1-16-15-17(7-8-19(16)23)31(28,29)27-13-11-26(12-14-27)22-10-9-20(24-25-22)18-5-3-4-6-21(18)30-2/h3-10,15H,11-14H2,1-2H3. The van der Waals surface area contributed by atoms with Crippen molar-refractivity contribution in [2.45, 2.75) is 11.8 Å². The third-order valence-electron chi connectivity index (χ3n) is 5.36. The molecular weight excluding hydrogens is 419 g/mol. The lowest BCUT2D eigenvalue weighted by Gasteiger charge is -2.34. The van der Waals surface area contributed by atoms with Crippen molar-refractivity contribution in [1.82, 2.24) is 14.5 Å². The fourth-order valence-corrected chi connectivity index (χ4v) is 5.09. The lowest BCUT2D eigenvalue weighted by molar-refractivity contribution is 0.383. The van der Waals surface area contributed by atoms with Gasteiger partial charge in [0.25, 0.3) is 0 Å². The average Bonchev–Trinajstić information content (AvgIpc) is 2.81. The molecule has 1 aliphatic heterocycles. The third-order valence-corrected chi connectivity index (χ3v) is 7.26. The zero-order valence-electron chi connectivity index (χ0n) is 17.3. The van der Waals surface area contributed by atoms with Crippen LogP contribution >= 0.6 is 0 Å². The van der Waals surface area contributed by atoms with Crippen molar-refractivity contribution in [3.8, 4) is 17.0 Å². The molecule has 1 aliphatic rings. The van der Waals surface area contributed by atoms with E-state index in [9.17, 15) is 12.8 Å². The lowest BCUT2D eigenvalue weighted by Crippen LogP contribution is -2.49. The number of halogens is 1. The van der Waals surface area contributed by atoms with E-state index >= 15 is 0 Å². The highest BCUT2D eigenvalue weighted by Crippen LogP contribution is 2.28. The highest BCUT2D eigenvalue weighted by atomic mass is 32.2. The van der Waals surface area contributed by atoms with Gasteiger partial charge in [0.15, 0.2) is 5.82 Å². The van der Waals surface area contributed by atoms with Crippen LogP contribution in [0.4, 0.5) is 10.2 Å². The van der Waals surface area contributed by atoms with E-state index in [4.69, 9.17) is 4.74 Å². The minimum Gasteiger partial charge on any atom is -0.496 e. The molecule has 3 aromatic rings. The van der Waals surface area contributed by atoms with Gasteiger partial charge < -0.3 is 9.64 Å². The Labute approximate surface area is 181 Å². The Morgan fingerprint density at radius 1 is 0.968 bits per heavy atom. The summed E-state index contributed by atoms with van der Waals surface area (Å²) in [5, 5.41) is 8.66. The first-order valence-corrected chi connectivity index (χ1v) is 11.3. The van der Waals surface area contributed by atoms with Crippen molar-refractivity contribution in [2.24, 2.45) is 0 Å². The van der Waals surface area contributed by atoms with E-state index in [-0.39, 0.29) is 4.90 Å². The number of hydrogen-bond acceptors (Lipinski definition) is 6. The Balaban J connectivity index is 1.45. The first kappa shape index (κ1) is 21.2. The van der Waals surface area contributed by atoms with Crippen LogP contribution in [0.15, 0.2) is 59.5 Å². The Bertz CT molecular complexity index is 1180. The molecular formula is C22H23FN4O3S. The summed E-state index contributed by atoms with van der Waals surface area (Å²) in [6.07, 6.45) is 0. The maximum absolute atomic E-state index is 13.5. The highest BCUT2D eigenvalue weighted by Gasteiger charge is 2.29. The number of para-hydroxylation sites is 1. The van der Waals surface area contributed by atoms with E-state index in [0.29, 0.717) is 43.3 Å². The molecule has 2 aromatic carbocycles. The van der Waals surface area contributed by atoms with E-state index in [1.807, 2.05) is 41.3 Å². The second-order valence-corrected chi connectivity index (χ2v) is 9.22. The van der Waals surface area contributed by atoms with Gasteiger partial charge in [0, 0.05) is 31.7 Å². The lowest BCUT2D eigenvalue weighted by atomic mass is 10.1. The van der Waals surface area contributed by atoms with Gasteiger partial charge >= 0.3 is 0 Å². The molecule has 0 unspecified atom stereocenters. The predicted molar refractivity (Wildman–Crippen MR) is 116 cm³/mol. The predicted octanol–water partition coefficient (Wildman–Crippen LogP) is 3.11. The minimum atomic E-state index is -3.67. The molecule has 0 N–H and O–H groups in total. The molecule has 162 valence electrons. The zero-order valence-corrected chi connectivity index (χ0v) is 18.1. The van der Waals surface area contributed by atoms with Gasteiger partial charge in [0.1, 0.15) is 11.6 Å². The maximum Gasteiger partial charge on any atom is 0.243 e. The van der Waals surface area contributed by atoms with Crippen LogP contribution in [0.5, 0.6) is 5.75 Å². The number of piperazine rings is 1. The quantitative estimate of drug-likeness (QED) is 0.604. The molecule has 1 aromatic heterocycles. The van der Waals surface area contributed by atoms with Crippen molar-refractivity contribution in [1.29, 1.82) is 0 Å². The molecule has 1 saturated heterocycles. The van der Waals surface area contributed by atoms with E-state index in [2.05, 4.69) is 10.2 Å². The van der Waals surface area contributed by atoms with Gasteiger partial charge in [-0.1, -0.05) is 12.1 Å². The fraction of sp³-hybridized carbons (Fsp3) is 0.273. The summed E-state index contributed by atoms with van der Waals surface area (Å²) in [7, 11) is -2.05. The first-order valence-electron chi connectivity index (χ1n) is 9.88. The third kappa shape index (κ3) is 4.24. The van der Waals surface area contributed by atoms with Crippen LogP contribution in [0.25, 0.3) is 11.3 Å². The van der Waals surface area contributed by atoms with Gasteiger partial charge in [-0.25, -0.2) is 12.8 Å². The highest BCUT2D eigenvalue weighted by molar-refractivity contribution is 7.89. The van der Waals surface area contributed by atoms with Crippen molar-refractivity contribution in [3.05, 3.63) is 66.0 Å². The van der Waals surface area contributed by atoms with Gasteiger partial charge in [0.05, 0.1) is 17.7 Å². The molecule has 0 bridgehead atoms. The molecule has 2 heterocycles. The molecule has 0 saturated carbocycles. The monoisotopic (exact) mass is 442 g/mol. The van der Waals surface area contributed by atoms with Crippen LogP contribution in [0, 0.1) is 12.7 Å². The van der Waals surface area contributed by atoms with Gasteiger partial charge in [-0.2, -0.15) is 4.31 Å². The largest absolute Gasteiger partial charge is 0.496 e. The topological polar surface area (TPSA) is 75.6 Å². The summed E-state index contributed by atoms with van der Waals surface area (Å²) in [5.74, 6) is 0.992. The van der Waals surface area contributed by atoms with Gasteiger partial charge in [-0.05, 0) is 55.0 Å². The zero-order chi connectivity index (χ0) is 22.0. The molecule has 0 aliphatic carbocycles. The Hall–Kier alpha value is -3.04. The molecule has 0 spiro atoms. The van der Waals surface area contributed by atoms with Crippen molar-refractivity contribution in [3.63, 3.8) is 0 Å². The van der Waals surface area contributed by atoms with Gasteiger partial charge in [-0.3, -0.25) is 0 Å². The summed E-state index contributed by atoms with van der Waals surface area (Å²) >= 11 is 0. The molecule has 9 heteroatoms. The number of aryl methyl sites for hydroxylation is 1. The Morgan fingerprint density at radius 3 is 2.35 bits per heavy atom. The summed E-state index contributed by atoms with van der Waals surface area (Å²) in [5.41, 5.74) is 1.87. The molecule has 0 amide bonds. The fourth-order valence-electron chi connectivity index (χ4n) is 3.58. The number of methoxy groups -OCH3 is 1. The smallest absolute Gasteiger partial charge is 0.243 e. The number of sulfonamides is 1. The van der Waals surface area contributed by atoms with Crippen LogP contribution in [0.1, 0.15) is 5.56 Å².